The Morgan fingerprint density at radius 3 is 2.63 bits per heavy atom. The van der Waals surface area contributed by atoms with Crippen LogP contribution in [0.15, 0.2) is 73.7 Å². The van der Waals surface area contributed by atoms with Crippen molar-refractivity contribution < 1.29 is 37.3 Å². The molecule has 10 nitrogen and oxygen atoms in total. The van der Waals surface area contributed by atoms with Crippen molar-refractivity contribution in [2.75, 3.05) is 31.3 Å². The van der Waals surface area contributed by atoms with Crippen LogP contribution in [0.4, 0.5) is 8.78 Å². The highest BCUT2D eigenvalue weighted by Crippen LogP contribution is 2.39. The number of hydrogen-bond donors (Lipinski definition) is 0. The van der Waals surface area contributed by atoms with E-state index in [-0.39, 0.29) is 53.1 Å². The van der Waals surface area contributed by atoms with E-state index in [4.69, 9.17) is 24.0 Å². The van der Waals surface area contributed by atoms with Crippen molar-refractivity contribution >= 4 is 40.8 Å². The number of imidazole rings is 1. The van der Waals surface area contributed by atoms with Gasteiger partial charge in [0.15, 0.2) is 11.6 Å². The second kappa shape index (κ2) is 20.3. The van der Waals surface area contributed by atoms with Crippen LogP contribution in [0.5, 0.6) is 11.5 Å². The summed E-state index contributed by atoms with van der Waals surface area (Å²) in [6.07, 6.45) is 10.9. The third-order valence-electron chi connectivity index (χ3n) is 10.5. The summed E-state index contributed by atoms with van der Waals surface area (Å²) in [7, 11) is 0. The number of thioether (sulfide) groups is 1. The summed E-state index contributed by atoms with van der Waals surface area (Å²) in [5.41, 5.74) is 4.05. The molecule has 3 aromatic carbocycles. The molecule has 0 N–H and O–H groups in total. The number of nitrogens with zero attached hydrogens (tertiary/aromatic N) is 4. The highest BCUT2D eigenvalue weighted by molar-refractivity contribution is 7.99. The van der Waals surface area contributed by atoms with Gasteiger partial charge in [-0.25, -0.2) is 13.8 Å². The van der Waals surface area contributed by atoms with E-state index in [1.807, 2.05) is 33.6 Å². The van der Waals surface area contributed by atoms with Crippen LogP contribution in [0.25, 0.3) is 28.4 Å². The minimum absolute atomic E-state index is 0.0403. The average molecular weight is 829 g/mol. The SMILES string of the molecule is C=Cc1c(Oc2ccc(F)c(-c3ccn(C(CCCC(C)(C)CSCC(=O)OCC)c4cccc(CCC(=O)OCC)c4)n3)c2)c(F)cc2c1ncn2C1CCCCO1. The Bertz CT molecular complexity index is 2230. The smallest absolute Gasteiger partial charge is 0.315 e. The minimum Gasteiger partial charge on any atom is -0.466 e. The van der Waals surface area contributed by atoms with E-state index < -0.39 is 11.6 Å². The number of esters is 2. The van der Waals surface area contributed by atoms with E-state index >= 15 is 8.78 Å². The summed E-state index contributed by atoms with van der Waals surface area (Å²) in [6.45, 7) is 13.2. The molecule has 1 saturated heterocycles. The number of halogens is 2. The summed E-state index contributed by atoms with van der Waals surface area (Å²) in [6, 6.07) is 15.3. The summed E-state index contributed by atoms with van der Waals surface area (Å²) in [5, 5.41) is 4.91. The van der Waals surface area contributed by atoms with Gasteiger partial charge in [-0.05, 0) is 98.9 Å². The van der Waals surface area contributed by atoms with Crippen molar-refractivity contribution in [2.45, 2.75) is 91.3 Å². The molecule has 1 aliphatic rings. The van der Waals surface area contributed by atoms with Crippen LogP contribution in [0.1, 0.15) is 102 Å². The molecule has 0 saturated carbocycles. The van der Waals surface area contributed by atoms with Crippen molar-refractivity contribution in [3.63, 3.8) is 0 Å². The van der Waals surface area contributed by atoms with Gasteiger partial charge < -0.3 is 23.5 Å². The predicted octanol–water partition coefficient (Wildman–Crippen LogP) is 10.9. The Hall–Kier alpha value is -5.01. The Morgan fingerprint density at radius 1 is 1.05 bits per heavy atom. The normalized spacial score (nSPS) is 14.9. The third kappa shape index (κ3) is 11.2. The molecule has 2 atom stereocenters. The lowest BCUT2D eigenvalue weighted by molar-refractivity contribution is -0.143. The van der Waals surface area contributed by atoms with Gasteiger partial charge in [-0.1, -0.05) is 57.2 Å². The van der Waals surface area contributed by atoms with Gasteiger partial charge in [0.25, 0.3) is 0 Å². The van der Waals surface area contributed by atoms with E-state index in [2.05, 4.69) is 31.5 Å². The Morgan fingerprint density at radius 2 is 1.86 bits per heavy atom. The number of rotatable bonds is 20. The zero-order valence-electron chi connectivity index (χ0n) is 34.4. The van der Waals surface area contributed by atoms with Gasteiger partial charge in [-0.15, -0.1) is 11.8 Å². The lowest BCUT2D eigenvalue weighted by Gasteiger charge is -2.26. The van der Waals surface area contributed by atoms with Crippen molar-refractivity contribution in [3.05, 3.63) is 102 Å². The number of carbonyl (C=O) groups is 2. The number of fused-ring (bicyclic) bond motifs is 1. The van der Waals surface area contributed by atoms with Crippen LogP contribution >= 0.6 is 11.8 Å². The van der Waals surface area contributed by atoms with Crippen LogP contribution in [-0.4, -0.2) is 62.6 Å². The van der Waals surface area contributed by atoms with Gasteiger partial charge in [0.05, 0.1) is 48.1 Å². The molecule has 0 bridgehead atoms. The molecule has 0 radical (unpaired) electrons. The molecule has 2 unspecified atom stereocenters. The van der Waals surface area contributed by atoms with E-state index in [9.17, 15) is 9.59 Å². The first kappa shape index (κ1) is 43.6. The highest BCUT2D eigenvalue weighted by atomic mass is 32.2. The molecule has 59 heavy (non-hydrogen) atoms. The Kier molecular flexibility index (Phi) is 15.0. The standard InChI is InChI=1S/C46H54F2N4O6S/c1-6-34-44-40(51(30-49-44)41-16-9-10-24-57-41)27-37(48)45(34)58-33-18-19-36(47)35(26-33)38-21-23-52(50-38)39(15-12-22-46(4,5)29-59-28-43(54)56-8-3)32-14-11-13-31(25-32)17-20-42(53)55-7-2/h6,11,13-14,18-19,21,23,25-27,30,39,41H,1,7-10,12,15-17,20,22,24,28-29H2,2-5H3. The van der Waals surface area contributed by atoms with E-state index in [1.54, 1.807) is 38.0 Å². The van der Waals surface area contributed by atoms with Crippen LogP contribution in [0.3, 0.4) is 0 Å². The minimum atomic E-state index is -0.604. The first-order valence-corrected chi connectivity index (χ1v) is 21.6. The molecule has 0 spiro atoms. The van der Waals surface area contributed by atoms with Gasteiger partial charge in [-0.2, -0.15) is 5.10 Å². The van der Waals surface area contributed by atoms with Gasteiger partial charge in [0.2, 0.25) is 0 Å². The van der Waals surface area contributed by atoms with Gasteiger partial charge in [0, 0.05) is 36.4 Å². The van der Waals surface area contributed by atoms with Gasteiger partial charge in [-0.3, -0.25) is 14.3 Å². The molecule has 1 aliphatic heterocycles. The summed E-state index contributed by atoms with van der Waals surface area (Å²) in [5.74, 6) is -0.277. The third-order valence-corrected chi connectivity index (χ3v) is 11.9. The molecule has 1 fully saturated rings. The molecule has 13 heteroatoms. The molecular weight excluding hydrogens is 775 g/mol. The van der Waals surface area contributed by atoms with Gasteiger partial charge >= 0.3 is 11.9 Å². The summed E-state index contributed by atoms with van der Waals surface area (Å²) < 4.78 is 57.6. The van der Waals surface area contributed by atoms with Crippen LogP contribution in [0, 0.1) is 17.0 Å². The highest BCUT2D eigenvalue weighted by Gasteiger charge is 2.25. The Labute approximate surface area is 349 Å². The average Bonchev–Trinajstić information content (AvgIpc) is 3.88. The first-order valence-electron chi connectivity index (χ1n) is 20.4. The molecule has 0 amide bonds. The van der Waals surface area contributed by atoms with Crippen molar-refractivity contribution in [3.8, 4) is 22.8 Å². The van der Waals surface area contributed by atoms with Crippen molar-refractivity contribution in [1.82, 2.24) is 19.3 Å². The van der Waals surface area contributed by atoms with Crippen molar-refractivity contribution in [2.24, 2.45) is 5.41 Å². The molecular formula is C46H54F2N4O6S. The monoisotopic (exact) mass is 828 g/mol. The zero-order valence-corrected chi connectivity index (χ0v) is 35.2. The largest absolute Gasteiger partial charge is 0.466 e. The topological polar surface area (TPSA) is 107 Å². The van der Waals surface area contributed by atoms with Crippen molar-refractivity contribution in [1.29, 1.82) is 0 Å². The zero-order chi connectivity index (χ0) is 41.9. The second-order valence-electron chi connectivity index (χ2n) is 15.5. The van der Waals surface area contributed by atoms with E-state index in [0.29, 0.717) is 54.3 Å². The Balaban J connectivity index is 1.24. The maximum absolute atomic E-state index is 15.9. The molecule has 314 valence electrons. The van der Waals surface area contributed by atoms with Crippen LogP contribution in [0.2, 0.25) is 0 Å². The fourth-order valence-electron chi connectivity index (χ4n) is 7.49. The lowest BCUT2D eigenvalue weighted by atomic mass is 9.87. The summed E-state index contributed by atoms with van der Waals surface area (Å²) in [4.78, 5) is 28.6. The maximum Gasteiger partial charge on any atom is 0.315 e. The number of benzene rings is 3. The maximum atomic E-state index is 15.9. The number of carbonyl (C=O) groups excluding carboxylic acids is 2. The molecule has 5 aromatic rings. The molecule has 0 aliphatic carbocycles. The number of aryl methyl sites for hydroxylation is 1. The quantitative estimate of drug-likeness (QED) is 0.0709. The second-order valence-corrected chi connectivity index (χ2v) is 16.5. The van der Waals surface area contributed by atoms with Gasteiger partial charge in [0.1, 0.15) is 17.8 Å². The lowest BCUT2D eigenvalue weighted by Crippen LogP contribution is -2.18. The first-order chi connectivity index (χ1) is 28.5. The van der Waals surface area contributed by atoms with Crippen LogP contribution in [-0.2, 0) is 30.2 Å². The summed E-state index contributed by atoms with van der Waals surface area (Å²) >= 11 is 1.58. The number of aromatic nitrogens is 4. The predicted molar refractivity (Wildman–Crippen MR) is 227 cm³/mol. The fourth-order valence-corrected chi connectivity index (χ4v) is 8.54. The number of ether oxygens (including phenoxy) is 4. The number of hydrogen-bond acceptors (Lipinski definition) is 9. The van der Waals surface area contributed by atoms with E-state index in [0.717, 1.165) is 55.4 Å². The van der Waals surface area contributed by atoms with Crippen LogP contribution < -0.4 is 4.74 Å². The molecule has 2 aromatic heterocycles. The fraction of sp³-hybridized carbons (Fsp3) is 0.435. The van der Waals surface area contributed by atoms with E-state index in [1.165, 1.54) is 30.3 Å². The molecule has 6 rings (SSSR count). The molecule has 3 heterocycles.